The van der Waals surface area contributed by atoms with Crippen molar-refractivity contribution in [2.45, 2.75) is 18.9 Å². The van der Waals surface area contributed by atoms with Crippen LogP contribution in [0.25, 0.3) is 0 Å². The van der Waals surface area contributed by atoms with Crippen molar-refractivity contribution in [1.82, 2.24) is 0 Å². The van der Waals surface area contributed by atoms with E-state index >= 15 is 0 Å². The quantitative estimate of drug-likeness (QED) is 0.850. The topological polar surface area (TPSA) is 71.1 Å². The van der Waals surface area contributed by atoms with Crippen molar-refractivity contribution < 1.29 is 28.5 Å². The molecule has 1 aromatic carbocycles. The molecule has 0 saturated heterocycles. The van der Waals surface area contributed by atoms with Crippen LogP contribution in [0.5, 0.6) is 17.2 Å². The fourth-order valence-corrected chi connectivity index (χ4v) is 3.25. The molecule has 0 N–H and O–H groups in total. The second-order valence-corrected chi connectivity index (χ2v) is 5.65. The Hall–Kier alpha value is -2.50. The number of carbonyl (C=O) groups is 2. The zero-order valence-electron chi connectivity index (χ0n) is 13.5. The normalized spacial score (nSPS) is 25.7. The van der Waals surface area contributed by atoms with E-state index in [2.05, 4.69) is 0 Å². The van der Waals surface area contributed by atoms with Crippen LogP contribution in [0.3, 0.4) is 0 Å². The first-order chi connectivity index (χ1) is 11.0. The lowest BCUT2D eigenvalue weighted by Crippen LogP contribution is -2.51. The monoisotopic (exact) mass is 318 g/mol. The molecule has 1 aromatic rings. The Labute approximate surface area is 134 Å². The predicted octanol–water partition coefficient (Wildman–Crippen LogP) is 2.16. The van der Waals surface area contributed by atoms with E-state index in [4.69, 9.17) is 18.9 Å². The number of rotatable bonds is 3. The number of methoxy groups -OCH3 is 3. The molecule has 0 radical (unpaired) electrons. The maximum absolute atomic E-state index is 13.2. The summed E-state index contributed by atoms with van der Waals surface area (Å²) in [5.74, 6) is 0.787. The Bertz CT molecular complexity index is 720. The van der Waals surface area contributed by atoms with Crippen molar-refractivity contribution in [1.29, 1.82) is 0 Å². The first-order valence-electron chi connectivity index (χ1n) is 7.26. The lowest BCUT2D eigenvalue weighted by molar-refractivity contribution is -0.118. The van der Waals surface area contributed by atoms with Crippen LogP contribution in [0.4, 0.5) is 0 Å². The van der Waals surface area contributed by atoms with Gasteiger partial charge in [-0.2, -0.15) is 0 Å². The molecule has 1 heterocycles. The molecule has 1 aliphatic carbocycles. The smallest absolute Gasteiger partial charge is 0.231 e. The van der Waals surface area contributed by atoms with E-state index in [0.29, 0.717) is 22.8 Å². The molecular weight excluding hydrogens is 300 g/mol. The molecule has 0 saturated carbocycles. The maximum atomic E-state index is 13.2. The third-order valence-electron chi connectivity index (χ3n) is 4.41. The Morgan fingerprint density at radius 1 is 1.13 bits per heavy atom. The molecule has 0 fully saturated rings. The van der Waals surface area contributed by atoms with Crippen LogP contribution in [0.1, 0.15) is 23.7 Å². The number of allylic oxidation sites excluding steroid dienone is 1. The number of ether oxygens (including phenoxy) is 4. The molecule has 6 nitrogen and oxygen atoms in total. The van der Waals surface area contributed by atoms with Gasteiger partial charge in [-0.05, 0) is 0 Å². The molecule has 2 atom stereocenters. The molecule has 6 heteroatoms. The third kappa shape index (κ3) is 2.01. The largest absolute Gasteiger partial charge is 0.496 e. The van der Waals surface area contributed by atoms with E-state index in [1.54, 1.807) is 19.1 Å². The summed E-state index contributed by atoms with van der Waals surface area (Å²) in [6.07, 6.45) is 1.56. The van der Waals surface area contributed by atoms with E-state index < -0.39 is 5.60 Å². The first-order valence-corrected chi connectivity index (χ1v) is 7.26. The lowest BCUT2D eigenvalue weighted by atomic mass is 9.75. The minimum absolute atomic E-state index is 0.0862. The van der Waals surface area contributed by atoms with Gasteiger partial charge in [-0.25, -0.2) is 0 Å². The number of hydrogen-bond donors (Lipinski definition) is 0. The van der Waals surface area contributed by atoms with Crippen LogP contribution in [-0.2, 0) is 9.53 Å². The number of carbonyl (C=O) groups excluding carboxylic acids is 2. The van der Waals surface area contributed by atoms with Gasteiger partial charge in [0, 0.05) is 30.5 Å². The van der Waals surface area contributed by atoms with Crippen LogP contribution in [0.2, 0.25) is 0 Å². The molecule has 0 amide bonds. The van der Waals surface area contributed by atoms with Gasteiger partial charge in [-0.15, -0.1) is 0 Å². The van der Waals surface area contributed by atoms with Gasteiger partial charge >= 0.3 is 0 Å². The second kappa shape index (κ2) is 5.30. The Morgan fingerprint density at radius 3 is 2.48 bits per heavy atom. The van der Waals surface area contributed by atoms with Gasteiger partial charge in [0.2, 0.25) is 11.4 Å². The zero-order chi connectivity index (χ0) is 16.8. The van der Waals surface area contributed by atoms with E-state index in [1.807, 2.05) is 0 Å². The SMILES string of the molecule is COC1=CC(=O)C[C@H](C)[C@]12Oc1cc(OC)cc(OC)c1C2=O. The number of benzene rings is 1. The second-order valence-electron chi connectivity index (χ2n) is 5.65. The highest BCUT2D eigenvalue weighted by Gasteiger charge is 2.59. The first kappa shape index (κ1) is 15.4. The minimum atomic E-state index is -1.33. The summed E-state index contributed by atoms with van der Waals surface area (Å²) in [6.45, 7) is 1.80. The van der Waals surface area contributed by atoms with Crippen molar-refractivity contribution in [3.05, 3.63) is 29.5 Å². The van der Waals surface area contributed by atoms with Crippen molar-refractivity contribution in [2.24, 2.45) is 5.92 Å². The van der Waals surface area contributed by atoms with Crippen molar-refractivity contribution in [3.8, 4) is 17.2 Å². The highest BCUT2D eigenvalue weighted by Crippen LogP contribution is 2.50. The summed E-state index contributed by atoms with van der Waals surface area (Å²) in [4.78, 5) is 25.0. The molecule has 0 aromatic heterocycles. The summed E-state index contributed by atoms with van der Waals surface area (Å²) in [5.41, 5.74) is -0.984. The van der Waals surface area contributed by atoms with E-state index in [-0.39, 0.29) is 29.7 Å². The maximum Gasteiger partial charge on any atom is 0.231 e. The number of hydrogen-bond acceptors (Lipinski definition) is 6. The summed E-state index contributed by atoms with van der Waals surface area (Å²) >= 11 is 0. The molecule has 122 valence electrons. The van der Waals surface area contributed by atoms with Gasteiger partial charge in [0.1, 0.15) is 22.8 Å². The average Bonchev–Trinajstić information content (AvgIpc) is 2.84. The van der Waals surface area contributed by atoms with Crippen LogP contribution in [0, 0.1) is 5.92 Å². The highest BCUT2D eigenvalue weighted by atomic mass is 16.6. The fraction of sp³-hybridized carbons (Fsp3) is 0.412. The summed E-state index contributed by atoms with van der Waals surface area (Å²) < 4.78 is 21.9. The van der Waals surface area contributed by atoms with Gasteiger partial charge in [0.15, 0.2) is 11.5 Å². The van der Waals surface area contributed by atoms with Gasteiger partial charge in [0.25, 0.3) is 0 Å². The standard InChI is InChI=1S/C17H18O6/c1-9-5-10(18)6-14(22-4)17(9)16(19)15-12(21-3)7-11(20-2)8-13(15)23-17/h6-9H,5H2,1-4H3/t9-,17-/m0/s1. The summed E-state index contributed by atoms with van der Waals surface area (Å²) in [7, 11) is 4.43. The van der Waals surface area contributed by atoms with E-state index in [1.165, 1.54) is 27.4 Å². The molecule has 23 heavy (non-hydrogen) atoms. The molecular formula is C17H18O6. The van der Waals surface area contributed by atoms with Gasteiger partial charge in [-0.3, -0.25) is 9.59 Å². The number of Topliss-reactive ketones (excluding diaryl/α,β-unsaturated/α-hetero) is 1. The Balaban J connectivity index is 2.20. The zero-order valence-corrected chi connectivity index (χ0v) is 13.5. The van der Waals surface area contributed by atoms with Gasteiger partial charge in [0.05, 0.1) is 21.3 Å². The van der Waals surface area contributed by atoms with Crippen LogP contribution >= 0.6 is 0 Å². The Kier molecular flexibility index (Phi) is 3.55. The lowest BCUT2D eigenvalue weighted by Gasteiger charge is -2.36. The van der Waals surface area contributed by atoms with E-state index in [0.717, 1.165) is 0 Å². The average molecular weight is 318 g/mol. The van der Waals surface area contributed by atoms with Crippen LogP contribution < -0.4 is 14.2 Å². The highest BCUT2D eigenvalue weighted by molar-refractivity contribution is 6.13. The van der Waals surface area contributed by atoms with Crippen LogP contribution in [0.15, 0.2) is 24.0 Å². The minimum Gasteiger partial charge on any atom is -0.496 e. The van der Waals surface area contributed by atoms with E-state index in [9.17, 15) is 9.59 Å². The number of fused-ring (bicyclic) bond motifs is 1. The molecule has 2 aliphatic rings. The Morgan fingerprint density at radius 2 is 1.87 bits per heavy atom. The van der Waals surface area contributed by atoms with Gasteiger partial charge in [-0.1, -0.05) is 6.92 Å². The predicted molar refractivity (Wildman–Crippen MR) is 81.1 cm³/mol. The number of ketones is 2. The molecule has 1 aliphatic heterocycles. The molecule has 3 rings (SSSR count). The summed E-state index contributed by atoms with van der Waals surface area (Å²) in [6, 6.07) is 3.27. The van der Waals surface area contributed by atoms with Crippen molar-refractivity contribution in [3.63, 3.8) is 0 Å². The van der Waals surface area contributed by atoms with Crippen molar-refractivity contribution >= 4 is 11.6 Å². The third-order valence-corrected chi connectivity index (χ3v) is 4.41. The van der Waals surface area contributed by atoms with Crippen LogP contribution in [-0.4, -0.2) is 38.5 Å². The molecule has 1 spiro atoms. The van der Waals surface area contributed by atoms with Crippen molar-refractivity contribution in [2.75, 3.05) is 21.3 Å². The van der Waals surface area contributed by atoms with Gasteiger partial charge < -0.3 is 18.9 Å². The summed E-state index contributed by atoms with van der Waals surface area (Å²) in [5, 5.41) is 0. The molecule has 0 bridgehead atoms. The fourth-order valence-electron chi connectivity index (χ4n) is 3.25. The molecule has 0 unspecified atom stereocenters.